The van der Waals surface area contributed by atoms with Gasteiger partial charge in [0.25, 0.3) is 0 Å². The van der Waals surface area contributed by atoms with Crippen LogP contribution in [0.15, 0.2) is 41.3 Å². The average molecular weight is 443 g/mol. The number of fused-ring (bicyclic) bond motifs is 2. The average Bonchev–Trinajstić information content (AvgIpc) is 3.31. The molecule has 0 bridgehead atoms. The second kappa shape index (κ2) is 8.28. The molecule has 1 N–H and O–H groups in total. The topological polar surface area (TPSA) is 77.5 Å². The number of carbonyl (C=O) groups is 2. The maximum Gasteiger partial charge on any atom is 0.306 e. The minimum atomic E-state index is -0.838. The lowest BCUT2D eigenvalue weighted by atomic mass is 9.80. The third kappa shape index (κ3) is 3.89. The van der Waals surface area contributed by atoms with Crippen LogP contribution in [0.1, 0.15) is 22.6 Å². The van der Waals surface area contributed by atoms with E-state index in [1.54, 1.807) is 7.11 Å². The Morgan fingerprint density at radius 2 is 1.90 bits per heavy atom. The van der Waals surface area contributed by atoms with Gasteiger partial charge in [0.1, 0.15) is 10.8 Å². The third-order valence-corrected chi connectivity index (χ3v) is 6.87. The van der Waals surface area contributed by atoms with Crippen LogP contribution in [0, 0.1) is 5.41 Å². The van der Waals surface area contributed by atoms with E-state index in [9.17, 15) is 9.59 Å². The molecular formula is C22H22N2O4S2. The number of benzene rings is 2. The van der Waals surface area contributed by atoms with Crippen molar-refractivity contribution < 1.29 is 19.1 Å². The largest absolute Gasteiger partial charge is 0.496 e. The van der Waals surface area contributed by atoms with Crippen molar-refractivity contribution in [3.63, 3.8) is 0 Å². The van der Waals surface area contributed by atoms with E-state index in [0.29, 0.717) is 30.0 Å². The molecule has 8 heteroatoms. The molecule has 1 aromatic heterocycles. The number of nitrogens with zero attached hydrogens (tertiary/aromatic N) is 1. The van der Waals surface area contributed by atoms with Crippen LogP contribution in [0.2, 0.25) is 0 Å². The summed E-state index contributed by atoms with van der Waals surface area (Å²) >= 11 is 5.90. The van der Waals surface area contributed by atoms with E-state index in [1.165, 1.54) is 18.4 Å². The predicted molar refractivity (Wildman–Crippen MR) is 118 cm³/mol. The summed E-state index contributed by atoms with van der Waals surface area (Å²) in [5.41, 5.74) is 2.18. The Balaban J connectivity index is 1.53. The summed E-state index contributed by atoms with van der Waals surface area (Å²) in [5, 5.41) is 3.78. The molecule has 3 aromatic rings. The lowest BCUT2D eigenvalue weighted by Gasteiger charge is -2.26. The molecule has 1 amide bonds. The van der Waals surface area contributed by atoms with Crippen molar-refractivity contribution in [2.24, 2.45) is 5.41 Å². The first kappa shape index (κ1) is 20.7. The van der Waals surface area contributed by atoms with Gasteiger partial charge >= 0.3 is 5.97 Å². The van der Waals surface area contributed by atoms with E-state index in [0.717, 1.165) is 26.4 Å². The van der Waals surface area contributed by atoms with Gasteiger partial charge in [-0.1, -0.05) is 24.3 Å². The number of hydrogen-bond acceptors (Lipinski definition) is 7. The summed E-state index contributed by atoms with van der Waals surface area (Å²) < 4.78 is 11.1. The minimum absolute atomic E-state index is 0.0457. The minimum Gasteiger partial charge on any atom is -0.496 e. The Kier molecular flexibility index (Phi) is 5.71. The van der Waals surface area contributed by atoms with Crippen LogP contribution < -0.4 is 10.1 Å². The fourth-order valence-corrected chi connectivity index (χ4v) is 5.18. The van der Waals surface area contributed by atoms with Gasteiger partial charge in [0, 0.05) is 11.0 Å². The highest BCUT2D eigenvalue weighted by atomic mass is 32.1. The van der Waals surface area contributed by atoms with Crippen LogP contribution >= 0.6 is 24.0 Å². The van der Waals surface area contributed by atoms with Crippen molar-refractivity contribution in [1.82, 2.24) is 10.3 Å². The Morgan fingerprint density at radius 3 is 2.53 bits per heavy atom. The lowest BCUT2D eigenvalue weighted by molar-refractivity contribution is -0.148. The molecule has 156 valence electrons. The SMILES string of the molecule is COC(=O)CC1(C(=O)NCc2nc3cc(S)c(OC)cc3s2)Cc2ccccc2C1. The summed E-state index contributed by atoms with van der Waals surface area (Å²) in [7, 11) is 2.95. The van der Waals surface area contributed by atoms with Crippen LogP contribution in [0.4, 0.5) is 0 Å². The van der Waals surface area contributed by atoms with Crippen LogP contribution in [0.5, 0.6) is 5.75 Å². The van der Waals surface area contributed by atoms with Gasteiger partial charge in [0.2, 0.25) is 5.91 Å². The van der Waals surface area contributed by atoms with Crippen LogP contribution in [0.3, 0.4) is 0 Å². The van der Waals surface area contributed by atoms with Gasteiger partial charge in [-0.05, 0) is 30.0 Å². The summed E-state index contributed by atoms with van der Waals surface area (Å²) in [6, 6.07) is 11.7. The normalized spacial score (nSPS) is 14.4. The molecule has 4 rings (SSSR count). The zero-order valence-corrected chi connectivity index (χ0v) is 18.4. The fraction of sp³-hybridized carbons (Fsp3) is 0.318. The van der Waals surface area contributed by atoms with Gasteiger partial charge < -0.3 is 14.8 Å². The molecule has 2 aromatic carbocycles. The second-order valence-corrected chi connectivity index (χ2v) is 9.03. The van der Waals surface area contributed by atoms with Crippen LogP contribution in [0.25, 0.3) is 10.2 Å². The van der Waals surface area contributed by atoms with Crippen molar-refractivity contribution in [2.75, 3.05) is 14.2 Å². The van der Waals surface area contributed by atoms with Gasteiger partial charge in [-0.15, -0.1) is 24.0 Å². The Bertz CT molecular complexity index is 1100. The zero-order valence-electron chi connectivity index (χ0n) is 16.7. The molecule has 6 nitrogen and oxygen atoms in total. The number of thiazole rings is 1. The Labute approximate surface area is 184 Å². The maximum absolute atomic E-state index is 13.3. The molecule has 0 aliphatic heterocycles. The summed E-state index contributed by atoms with van der Waals surface area (Å²) in [6.07, 6.45) is 1.08. The highest BCUT2D eigenvalue weighted by molar-refractivity contribution is 7.80. The van der Waals surface area contributed by atoms with Crippen LogP contribution in [-0.4, -0.2) is 31.1 Å². The number of methoxy groups -OCH3 is 2. The van der Waals surface area contributed by atoms with Crippen molar-refractivity contribution in [1.29, 1.82) is 0 Å². The smallest absolute Gasteiger partial charge is 0.306 e. The van der Waals surface area contributed by atoms with Crippen LogP contribution in [-0.2, 0) is 33.7 Å². The number of thiol groups is 1. The van der Waals surface area contributed by atoms with Crippen molar-refractivity contribution >= 4 is 46.1 Å². The molecule has 0 radical (unpaired) electrons. The van der Waals surface area contributed by atoms with E-state index >= 15 is 0 Å². The van der Waals surface area contributed by atoms with Gasteiger partial charge in [0.15, 0.2) is 0 Å². The van der Waals surface area contributed by atoms with Crippen molar-refractivity contribution in [3.8, 4) is 5.75 Å². The summed E-state index contributed by atoms with van der Waals surface area (Å²) in [4.78, 5) is 30.6. The van der Waals surface area contributed by atoms with E-state index < -0.39 is 5.41 Å². The number of carbonyl (C=O) groups excluding carboxylic acids is 2. The first-order valence-electron chi connectivity index (χ1n) is 9.52. The maximum atomic E-state index is 13.3. The lowest BCUT2D eigenvalue weighted by Crippen LogP contribution is -2.43. The monoisotopic (exact) mass is 442 g/mol. The predicted octanol–water partition coefficient (Wildman–Crippen LogP) is 3.56. The molecule has 0 unspecified atom stereocenters. The highest BCUT2D eigenvalue weighted by Crippen LogP contribution is 2.40. The van der Waals surface area contributed by atoms with E-state index in [2.05, 4.69) is 22.9 Å². The number of nitrogens with one attached hydrogen (secondary N) is 1. The van der Waals surface area contributed by atoms with Gasteiger partial charge in [-0.2, -0.15) is 0 Å². The summed E-state index contributed by atoms with van der Waals surface area (Å²) in [5.74, 6) is 0.146. The molecule has 0 saturated heterocycles. The number of esters is 1. The Morgan fingerprint density at radius 1 is 1.20 bits per heavy atom. The number of rotatable bonds is 6. The molecule has 1 heterocycles. The number of hydrogen-bond donors (Lipinski definition) is 2. The van der Waals surface area contributed by atoms with Crippen molar-refractivity contribution in [3.05, 3.63) is 52.5 Å². The van der Waals surface area contributed by atoms with Gasteiger partial charge in [0.05, 0.1) is 42.8 Å². The standard InChI is InChI=1S/C22H22N2O4S2/c1-27-16-8-18-15(7-17(16)29)24-19(30-18)12-23-21(26)22(11-20(25)28-2)9-13-5-3-4-6-14(13)10-22/h3-8,29H,9-12H2,1-2H3,(H,23,26). The first-order valence-corrected chi connectivity index (χ1v) is 10.8. The molecule has 0 spiro atoms. The second-order valence-electron chi connectivity index (χ2n) is 7.44. The van der Waals surface area contributed by atoms with E-state index in [-0.39, 0.29) is 18.3 Å². The number of amides is 1. The molecular weight excluding hydrogens is 420 g/mol. The highest BCUT2D eigenvalue weighted by Gasteiger charge is 2.45. The van der Waals surface area contributed by atoms with Gasteiger partial charge in [-0.3, -0.25) is 9.59 Å². The zero-order chi connectivity index (χ0) is 21.3. The first-order chi connectivity index (χ1) is 14.4. The summed E-state index contributed by atoms with van der Waals surface area (Å²) in [6.45, 7) is 0.293. The fourth-order valence-electron chi connectivity index (χ4n) is 3.98. The molecule has 30 heavy (non-hydrogen) atoms. The van der Waals surface area contributed by atoms with Crippen molar-refractivity contribution in [2.45, 2.75) is 30.7 Å². The quantitative estimate of drug-likeness (QED) is 0.451. The van der Waals surface area contributed by atoms with E-state index in [4.69, 9.17) is 9.47 Å². The number of ether oxygens (including phenoxy) is 2. The number of aromatic nitrogens is 1. The molecule has 0 saturated carbocycles. The van der Waals surface area contributed by atoms with Gasteiger partial charge in [-0.25, -0.2) is 4.98 Å². The molecule has 0 atom stereocenters. The van der Waals surface area contributed by atoms with E-state index in [1.807, 2.05) is 36.4 Å². The Hall–Kier alpha value is -2.58. The molecule has 0 fully saturated rings. The third-order valence-electron chi connectivity index (χ3n) is 5.50. The molecule has 1 aliphatic carbocycles. The molecule has 1 aliphatic rings.